The molecule has 0 bridgehead atoms. The number of piperidine rings is 1. The van der Waals surface area contributed by atoms with Crippen molar-refractivity contribution in [2.45, 2.75) is 31.3 Å². The lowest BCUT2D eigenvalue weighted by molar-refractivity contribution is 0.0437. The van der Waals surface area contributed by atoms with Crippen LogP contribution in [-0.4, -0.2) is 23.8 Å². The minimum atomic E-state index is -0.585. The Morgan fingerprint density at radius 1 is 1.25 bits per heavy atom. The monoisotopic (exact) mass is 219 g/mol. The Labute approximate surface area is 95.5 Å². The van der Waals surface area contributed by atoms with Crippen LogP contribution in [0.3, 0.4) is 0 Å². The third kappa shape index (κ3) is 1.51. The molecule has 0 atom stereocenters. The largest absolute Gasteiger partial charge is 0.472 e. The van der Waals surface area contributed by atoms with Crippen molar-refractivity contribution < 1.29 is 9.84 Å². The van der Waals surface area contributed by atoms with Crippen LogP contribution in [0.1, 0.15) is 25.7 Å². The summed E-state index contributed by atoms with van der Waals surface area (Å²) in [5.74, 6) is 0. The zero-order valence-corrected chi connectivity index (χ0v) is 9.33. The van der Waals surface area contributed by atoms with Gasteiger partial charge in [-0.05, 0) is 61.6 Å². The molecule has 3 rings (SSSR count). The lowest BCUT2D eigenvalue weighted by atomic mass is 9.82. The molecule has 0 aromatic carbocycles. The highest BCUT2D eigenvalue weighted by Gasteiger charge is 2.37. The maximum atomic E-state index is 10.7. The maximum Gasteiger partial charge on any atom is 0.0939 e. The number of aliphatic hydroxyl groups is 1. The Hall–Kier alpha value is -1.06. The van der Waals surface area contributed by atoms with Crippen LogP contribution in [0.5, 0.6) is 0 Å². The van der Waals surface area contributed by atoms with Gasteiger partial charge in [0.25, 0.3) is 0 Å². The first-order valence-corrected chi connectivity index (χ1v) is 5.98. The fraction of sp³-hybridized carbons (Fsp3) is 0.538. The zero-order chi connectivity index (χ0) is 11.0. The smallest absolute Gasteiger partial charge is 0.0939 e. The van der Waals surface area contributed by atoms with Crippen LogP contribution in [0, 0.1) is 0 Å². The second-order valence-electron chi connectivity index (χ2n) is 4.76. The van der Waals surface area contributed by atoms with Gasteiger partial charge in [-0.3, -0.25) is 0 Å². The van der Waals surface area contributed by atoms with Gasteiger partial charge in [-0.15, -0.1) is 0 Å². The van der Waals surface area contributed by atoms with Gasteiger partial charge in [0.2, 0.25) is 0 Å². The highest BCUT2D eigenvalue weighted by Crippen LogP contribution is 2.42. The van der Waals surface area contributed by atoms with Crippen LogP contribution < -0.4 is 5.32 Å². The Morgan fingerprint density at radius 3 is 2.88 bits per heavy atom. The molecule has 16 heavy (non-hydrogen) atoms. The third-order valence-electron chi connectivity index (χ3n) is 3.83. The van der Waals surface area contributed by atoms with Gasteiger partial charge in [0, 0.05) is 0 Å². The Kier molecular flexibility index (Phi) is 2.37. The zero-order valence-electron chi connectivity index (χ0n) is 9.33. The highest BCUT2D eigenvalue weighted by molar-refractivity contribution is 5.51. The average Bonchev–Trinajstić information content (AvgIpc) is 2.74. The molecule has 0 amide bonds. The van der Waals surface area contributed by atoms with Crippen LogP contribution >= 0.6 is 0 Å². The van der Waals surface area contributed by atoms with E-state index in [0.717, 1.165) is 38.8 Å². The predicted octanol–water partition coefficient (Wildman–Crippen LogP) is 1.62. The molecule has 2 heterocycles. The Bertz CT molecular complexity index is 387. The third-order valence-corrected chi connectivity index (χ3v) is 3.83. The minimum absolute atomic E-state index is 0.585. The van der Waals surface area contributed by atoms with E-state index in [0.29, 0.717) is 0 Å². The summed E-state index contributed by atoms with van der Waals surface area (Å²) in [7, 11) is 0. The van der Waals surface area contributed by atoms with Crippen molar-refractivity contribution in [3.05, 3.63) is 35.3 Å². The number of nitrogens with one attached hydrogen (secondary N) is 1. The van der Waals surface area contributed by atoms with E-state index < -0.39 is 5.60 Å². The molecular weight excluding hydrogens is 202 g/mol. The summed E-state index contributed by atoms with van der Waals surface area (Å²) < 4.78 is 5.18. The van der Waals surface area contributed by atoms with Gasteiger partial charge < -0.3 is 15.2 Å². The summed E-state index contributed by atoms with van der Waals surface area (Å²) in [5, 5.41) is 14.0. The van der Waals surface area contributed by atoms with E-state index in [1.54, 1.807) is 6.26 Å². The summed E-state index contributed by atoms with van der Waals surface area (Å²) >= 11 is 0. The van der Waals surface area contributed by atoms with E-state index in [-0.39, 0.29) is 0 Å². The van der Waals surface area contributed by atoms with Crippen molar-refractivity contribution >= 4 is 0 Å². The molecule has 0 unspecified atom stereocenters. The number of allylic oxidation sites excluding steroid dienone is 3. The number of hydrogen-bond acceptors (Lipinski definition) is 3. The van der Waals surface area contributed by atoms with Crippen molar-refractivity contribution in [3.63, 3.8) is 0 Å². The first-order chi connectivity index (χ1) is 7.80. The van der Waals surface area contributed by atoms with E-state index in [4.69, 9.17) is 4.74 Å². The van der Waals surface area contributed by atoms with Gasteiger partial charge in [0.05, 0.1) is 18.1 Å². The Morgan fingerprint density at radius 2 is 2.06 bits per heavy atom. The second-order valence-corrected chi connectivity index (χ2v) is 4.76. The van der Waals surface area contributed by atoms with Crippen molar-refractivity contribution in [2.75, 3.05) is 13.1 Å². The van der Waals surface area contributed by atoms with Crippen LogP contribution in [0.25, 0.3) is 0 Å². The van der Waals surface area contributed by atoms with E-state index in [2.05, 4.69) is 5.32 Å². The molecule has 0 aromatic heterocycles. The van der Waals surface area contributed by atoms with Crippen molar-refractivity contribution in [2.24, 2.45) is 0 Å². The molecule has 1 fully saturated rings. The van der Waals surface area contributed by atoms with E-state index in [1.165, 1.54) is 16.7 Å². The molecule has 3 nitrogen and oxygen atoms in total. The minimum Gasteiger partial charge on any atom is -0.472 e. The van der Waals surface area contributed by atoms with Gasteiger partial charge >= 0.3 is 0 Å². The molecule has 0 spiro atoms. The summed E-state index contributed by atoms with van der Waals surface area (Å²) in [6.45, 7) is 1.82. The molecule has 1 aliphatic carbocycles. The number of hydrogen-bond donors (Lipinski definition) is 2. The molecular formula is C13H17NO2. The van der Waals surface area contributed by atoms with E-state index in [1.807, 2.05) is 12.3 Å². The van der Waals surface area contributed by atoms with Gasteiger partial charge in [0.1, 0.15) is 0 Å². The molecule has 0 aromatic rings. The average molecular weight is 219 g/mol. The standard InChI is InChI=1S/C13H17NO2/c15-13(4-6-14-7-5-13)12-2-1-10-9-16-8-3-11(10)12/h3,8-9,14-15H,1-2,4-7H2. The molecule has 0 saturated carbocycles. The fourth-order valence-electron chi connectivity index (χ4n) is 2.91. The van der Waals surface area contributed by atoms with Crippen LogP contribution in [0.15, 0.2) is 35.3 Å². The van der Waals surface area contributed by atoms with Crippen molar-refractivity contribution in [3.8, 4) is 0 Å². The van der Waals surface area contributed by atoms with Gasteiger partial charge in [-0.1, -0.05) is 0 Å². The SMILES string of the molecule is OC1(C2=C3C=COC=C3CC2)CCNCC1. The summed E-state index contributed by atoms with van der Waals surface area (Å²) in [6, 6.07) is 0. The maximum absolute atomic E-state index is 10.7. The first kappa shape index (κ1) is 10.1. The quantitative estimate of drug-likeness (QED) is 0.704. The summed E-state index contributed by atoms with van der Waals surface area (Å²) in [4.78, 5) is 0. The van der Waals surface area contributed by atoms with Crippen LogP contribution in [-0.2, 0) is 4.74 Å². The van der Waals surface area contributed by atoms with Crippen molar-refractivity contribution in [1.82, 2.24) is 5.32 Å². The van der Waals surface area contributed by atoms with Gasteiger partial charge in [-0.2, -0.15) is 0 Å². The number of rotatable bonds is 1. The molecule has 86 valence electrons. The van der Waals surface area contributed by atoms with Gasteiger partial charge in [-0.25, -0.2) is 0 Å². The lowest BCUT2D eigenvalue weighted by Gasteiger charge is -2.34. The van der Waals surface area contributed by atoms with Gasteiger partial charge in [0.15, 0.2) is 0 Å². The molecule has 1 saturated heterocycles. The topological polar surface area (TPSA) is 41.5 Å². The molecule has 0 radical (unpaired) electrons. The van der Waals surface area contributed by atoms with Crippen molar-refractivity contribution in [1.29, 1.82) is 0 Å². The second kappa shape index (κ2) is 3.75. The molecule has 2 N–H and O–H groups in total. The molecule has 3 heteroatoms. The van der Waals surface area contributed by atoms with Crippen LogP contribution in [0.4, 0.5) is 0 Å². The van der Waals surface area contributed by atoms with Crippen LogP contribution in [0.2, 0.25) is 0 Å². The number of fused-ring (bicyclic) bond motifs is 1. The van der Waals surface area contributed by atoms with E-state index >= 15 is 0 Å². The normalized spacial score (nSPS) is 27.4. The highest BCUT2D eigenvalue weighted by atomic mass is 16.5. The summed E-state index contributed by atoms with van der Waals surface area (Å²) in [6.07, 6.45) is 9.15. The fourth-order valence-corrected chi connectivity index (χ4v) is 2.91. The first-order valence-electron chi connectivity index (χ1n) is 5.98. The molecule has 3 aliphatic rings. The Balaban J connectivity index is 1.96. The summed E-state index contributed by atoms with van der Waals surface area (Å²) in [5.41, 5.74) is 3.10. The molecule has 2 aliphatic heterocycles. The number of ether oxygens (including phenoxy) is 1. The van der Waals surface area contributed by atoms with E-state index in [9.17, 15) is 5.11 Å². The predicted molar refractivity (Wildman–Crippen MR) is 61.6 cm³/mol. The lowest BCUT2D eigenvalue weighted by Crippen LogP contribution is -2.43.